The van der Waals surface area contributed by atoms with Crippen LogP contribution in [0.15, 0.2) is 24.3 Å². The number of likely N-dealkylation sites (N-methyl/N-ethyl adjacent to an activating group) is 1. The van der Waals surface area contributed by atoms with E-state index < -0.39 is 11.4 Å². The lowest BCUT2D eigenvalue weighted by Gasteiger charge is -2.38. The Bertz CT molecular complexity index is 526. The molecule has 0 radical (unpaired) electrons. The maximum absolute atomic E-state index is 13.4. The topological polar surface area (TPSA) is 64.8 Å². The predicted molar refractivity (Wildman–Crippen MR) is 81.1 cm³/mol. The minimum atomic E-state index is -0.885. The van der Waals surface area contributed by atoms with Crippen LogP contribution in [0.5, 0.6) is 5.75 Å². The molecule has 5 nitrogen and oxygen atoms in total. The lowest BCUT2D eigenvalue weighted by molar-refractivity contribution is -0.161. The summed E-state index contributed by atoms with van der Waals surface area (Å²) in [6.07, 6.45) is 1.27. The van der Waals surface area contributed by atoms with Crippen molar-refractivity contribution in [3.63, 3.8) is 0 Å². The quantitative estimate of drug-likeness (QED) is 0.896. The number of nitrogens with two attached hydrogens (primary N) is 1. The molecule has 1 aromatic carbocycles. The summed E-state index contributed by atoms with van der Waals surface area (Å²) >= 11 is 0. The van der Waals surface area contributed by atoms with E-state index in [1.807, 2.05) is 0 Å². The number of nitrogens with zero attached hydrogens (tertiary/aromatic N) is 1. The van der Waals surface area contributed by atoms with Gasteiger partial charge in [0.25, 0.3) is 5.91 Å². The minimum Gasteiger partial charge on any atom is -0.489 e. The Balaban J connectivity index is 1.85. The number of hydrogen-bond donors (Lipinski definition) is 1. The molecule has 1 amide bonds. The molecule has 0 spiro atoms. The molecule has 2 rings (SSSR count). The third-order valence-corrected chi connectivity index (χ3v) is 3.88. The van der Waals surface area contributed by atoms with Crippen LogP contribution in [0.1, 0.15) is 19.8 Å². The molecule has 1 aromatic rings. The molecular formula is C16H23FN2O3. The highest BCUT2D eigenvalue weighted by atomic mass is 19.1. The summed E-state index contributed by atoms with van der Waals surface area (Å²) in [5, 5.41) is 0. The number of halogens is 1. The van der Waals surface area contributed by atoms with E-state index >= 15 is 0 Å². The first-order chi connectivity index (χ1) is 10.4. The zero-order valence-corrected chi connectivity index (χ0v) is 13.0. The van der Waals surface area contributed by atoms with E-state index in [0.717, 1.165) is 6.42 Å². The second-order valence-electron chi connectivity index (χ2n) is 5.84. The Kier molecular flexibility index (Phi) is 5.37. The summed E-state index contributed by atoms with van der Waals surface area (Å²) in [5.74, 6) is -0.352. The number of benzene rings is 1. The summed E-state index contributed by atoms with van der Waals surface area (Å²) in [6.45, 7) is 2.82. The standard InChI is InChI=1S/C16H23FN2O3/c1-16(11-12(18)7-9-22-16)15(20)19(2)8-10-21-14-6-4-3-5-13(14)17/h3-6,12H,7-11,18H2,1-2H3. The largest absolute Gasteiger partial charge is 0.489 e. The van der Waals surface area contributed by atoms with E-state index in [9.17, 15) is 9.18 Å². The summed E-state index contributed by atoms with van der Waals surface area (Å²) < 4.78 is 24.4. The van der Waals surface area contributed by atoms with Crippen LogP contribution in [0.25, 0.3) is 0 Å². The van der Waals surface area contributed by atoms with Gasteiger partial charge in [0.2, 0.25) is 0 Å². The van der Waals surface area contributed by atoms with Crippen molar-refractivity contribution in [3.8, 4) is 5.75 Å². The molecule has 2 unspecified atom stereocenters. The molecular weight excluding hydrogens is 287 g/mol. The van der Waals surface area contributed by atoms with Gasteiger partial charge in [-0.05, 0) is 25.5 Å². The number of rotatable bonds is 5. The van der Waals surface area contributed by atoms with Crippen molar-refractivity contribution in [3.05, 3.63) is 30.1 Å². The van der Waals surface area contributed by atoms with Crippen LogP contribution in [0.4, 0.5) is 4.39 Å². The summed E-state index contributed by atoms with van der Waals surface area (Å²) in [7, 11) is 1.68. The third kappa shape index (κ3) is 3.96. The normalized spacial score (nSPS) is 24.8. The highest BCUT2D eigenvalue weighted by Gasteiger charge is 2.40. The average molecular weight is 310 g/mol. The fraction of sp³-hybridized carbons (Fsp3) is 0.562. The molecule has 1 aliphatic heterocycles. The van der Waals surface area contributed by atoms with Crippen molar-refractivity contribution in [1.82, 2.24) is 4.90 Å². The second kappa shape index (κ2) is 7.07. The van der Waals surface area contributed by atoms with E-state index in [4.69, 9.17) is 15.2 Å². The van der Waals surface area contributed by atoms with Gasteiger partial charge in [0.05, 0.1) is 6.54 Å². The lowest BCUT2D eigenvalue weighted by atomic mass is 9.91. The monoisotopic (exact) mass is 310 g/mol. The summed E-state index contributed by atoms with van der Waals surface area (Å²) in [4.78, 5) is 14.0. The summed E-state index contributed by atoms with van der Waals surface area (Å²) in [5.41, 5.74) is 5.04. The Morgan fingerprint density at radius 3 is 2.95 bits per heavy atom. The van der Waals surface area contributed by atoms with E-state index in [2.05, 4.69) is 0 Å². The van der Waals surface area contributed by atoms with E-state index in [1.165, 1.54) is 6.07 Å². The van der Waals surface area contributed by atoms with Gasteiger partial charge >= 0.3 is 0 Å². The Morgan fingerprint density at radius 1 is 1.55 bits per heavy atom. The smallest absolute Gasteiger partial charge is 0.254 e. The molecule has 2 N–H and O–H groups in total. The molecule has 22 heavy (non-hydrogen) atoms. The van der Waals surface area contributed by atoms with Crippen LogP contribution in [0.2, 0.25) is 0 Å². The molecule has 0 aromatic heterocycles. The first kappa shape index (κ1) is 16.7. The van der Waals surface area contributed by atoms with Crippen LogP contribution in [0, 0.1) is 5.82 Å². The molecule has 122 valence electrons. The van der Waals surface area contributed by atoms with Crippen molar-refractivity contribution in [1.29, 1.82) is 0 Å². The maximum atomic E-state index is 13.4. The zero-order valence-electron chi connectivity index (χ0n) is 13.0. The molecule has 0 saturated carbocycles. The van der Waals surface area contributed by atoms with Crippen LogP contribution >= 0.6 is 0 Å². The van der Waals surface area contributed by atoms with Crippen molar-refractivity contribution >= 4 is 5.91 Å². The number of para-hydroxylation sites is 1. The number of carbonyl (C=O) groups is 1. The van der Waals surface area contributed by atoms with Crippen LogP contribution in [-0.4, -0.2) is 49.3 Å². The van der Waals surface area contributed by atoms with Gasteiger partial charge in [0.15, 0.2) is 11.6 Å². The third-order valence-electron chi connectivity index (χ3n) is 3.88. The fourth-order valence-electron chi connectivity index (χ4n) is 2.61. The molecule has 0 bridgehead atoms. The zero-order chi connectivity index (χ0) is 16.2. The molecule has 6 heteroatoms. The van der Waals surface area contributed by atoms with Crippen molar-refractivity contribution in [2.45, 2.75) is 31.4 Å². The fourth-order valence-corrected chi connectivity index (χ4v) is 2.61. The molecule has 0 aliphatic carbocycles. The van der Waals surface area contributed by atoms with Crippen molar-refractivity contribution in [2.24, 2.45) is 5.73 Å². The van der Waals surface area contributed by atoms with E-state index in [-0.39, 0.29) is 24.3 Å². The minimum absolute atomic E-state index is 0.0224. The number of carbonyl (C=O) groups excluding carboxylic acids is 1. The molecule has 1 fully saturated rings. The first-order valence-electron chi connectivity index (χ1n) is 7.45. The molecule has 2 atom stereocenters. The second-order valence-corrected chi connectivity index (χ2v) is 5.84. The Hall–Kier alpha value is -1.66. The van der Waals surface area contributed by atoms with Gasteiger partial charge < -0.3 is 20.1 Å². The van der Waals surface area contributed by atoms with Crippen LogP contribution < -0.4 is 10.5 Å². The average Bonchev–Trinajstić information content (AvgIpc) is 2.48. The molecule has 1 saturated heterocycles. The van der Waals surface area contributed by atoms with Gasteiger partial charge in [0, 0.05) is 26.1 Å². The Labute approximate surface area is 130 Å². The first-order valence-corrected chi connectivity index (χ1v) is 7.45. The highest BCUT2D eigenvalue weighted by Crippen LogP contribution is 2.25. The van der Waals surface area contributed by atoms with Gasteiger partial charge in [0.1, 0.15) is 12.2 Å². The van der Waals surface area contributed by atoms with Gasteiger partial charge in [-0.2, -0.15) is 0 Å². The van der Waals surface area contributed by atoms with Crippen molar-refractivity contribution in [2.75, 3.05) is 26.8 Å². The predicted octanol–water partition coefficient (Wildman–Crippen LogP) is 1.56. The van der Waals surface area contributed by atoms with Gasteiger partial charge in [-0.15, -0.1) is 0 Å². The summed E-state index contributed by atoms with van der Waals surface area (Å²) in [6, 6.07) is 6.17. The SMILES string of the molecule is CN(CCOc1ccccc1F)C(=O)C1(C)CC(N)CCO1. The van der Waals surface area contributed by atoms with E-state index in [0.29, 0.717) is 19.6 Å². The molecule has 1 aliphatic rings. The number of amides is 1. The van der Waals surface area contributed by atoms with E-state index in [1.54, 1.807) is 37.1 Å². The Morgan fingerprint density at radius 2 is 2.27 bits per heavy atom. The van der Waals surface area contributed by atoms with Crippen LogP contribution in [-0.2, 0) is 9.53 Å². The maximum Gasteiger partial charge on any atom is 0.254 e. The highest BCUT2D eigenvalue weighted by molar-refractivity contribution is 5.84. The lowest BCUT2D eigenvalue weighted by Crippen LogP contribution is -2.54. The number of ether oxygens (including phenoxy) is 2. The van der Waals surface area contributed by atoms with Gasteiger partial charge in [-0.25, -0.2) is 4.39 Å². The molecule has 1 heterocycles. The van der Waals surface area contributed by atoms with Crippen molar-refractivity contribution < 1.29 is 18.7 Å². The number of hydrogen-bond acceptors (Lipinski definition) is 4. The van der Waals surface area contributed by atoms with Gasteiger partial charge in [-0.1, -0.05) is 12.1 Å². The van der Waals surface area contributed by atoms with Crippen LogP contribution in [0.3, 0.4) is 0 Å². The van der Waals surface area contributed by atoms with Gasteiger partial charge in [-0.3, -0.25) is 4.79 Å².